The van der Waals surface area contributed by atoms with Crippen LogP contribution in [0.25, 0.3) is 11.1 Å². The van der Waals surface area contributed by atoms with Gasteiger partial charge in [-0.1, -0.05) is 48.5 Å². The number of aliphatic carboxylic acids is 1. The quantitative estimate of drug-likeness (QED) is 0.619. The number of rotatable bonds is 8. The van der Waals surface area contributed by atoms with Crippen molar-refractivity contribution >= 4 is 18.0 Å². The van der Waals surface area contributed by atoms with E-state index in [2.05, 4.69) is 29.6 Å². The van der Waals surface area contributed by atoms with E-state index in [9.17, 15) is 19.5 Å². The van der Waals surface area contributed by atoms with E-state index in [0.717, 1.165) is 22.3 Å². The molecule has 2 aromatic carbocycles. The Morgan fingerprint density at radius 2 is 1.68 bits per heavy atom. The van der Waals surface area contributed by atoms with Gasteiger partial charge in [0.25, 0.3) is 0 Å². The highest BCUT2D eigenvalue weighted by atomic mass is 16.5. The fraction of sp³-hybridized carbons (Fsp3) is 0.423. The average molecular weight is 467 g/mol. The van der Waals surface area contributed by atoms with Gasteiger partial charge in [-0.15, -0.1) is 0 Å². The summed E-state index contributed by atoms with van der Waals surface area (Å²) >= 11 is 0. The van der Waals surface area contributed by atoms with E-state index in [4.69, 9.17) is 9.47 Å². The summed E-state index contributed by atoms with van der Waals surface area (Å²) in [5.74, 6) is -1.98. The van der Waals surface area contributed by atoms with Gasteiger partial charge < -0.3 is 24.8 Å². The van der Waals surface area contributed by atoms with E-state index in [0.29, 0.717) is 6.61 Å². The molecular weight excluding hydrogens is 436 g/mol. The molecule has 1 aliphatic heterocycles. The summed E-state index contributed by atoms with van der Waals surface area (Å²) in [5, 5.41) is 12.1. The van der Waals surface area contributed by atoms with Crippen LogP contribution in [0.2, 0.25) is 0 Å². The molecule has 4 rings (SSSR count). The minimum Gasteiger partial charge on any atom is -0.481 e. The molecule has 2 unspecified atom stereocenters. The Balaban J connectivity index is 1.29. The molecule has 2 aromatic rings. The molecule has 1 heterocycles. The third-order valence-electron chi connectivity index (χ3n) is 6.51. The monoisotopic (exact) mass is 466 g/mol. The second-order valence-electron chi connectivity index (χ2n) is 8.81. The van der Waals surface area contributed by atoms with Crippen molar-refractivity contribution in [1.29, 1.82) is 0 Å². The summed E-state index contributed by atoms with van der Waals surface area (Å²) < 4.78 is 11.0. The van der Waals surface area contributed by atoms with E-state index in [1.165, 1.54) is 4.90 Å². The van der Waals surface area contributed by atoms with Gasteiger partial charge in [-0.05, 0) is 36.1 Å². The topological polar surface area (TPSA) is 105 Å². The number of ether oxygens (including phenoxy) is 2. The standard InChI is InChI=1S/C26H30N2O6/c1-3-33-23-14-28(13-21(23)25(30)31)24(29)12-16(2)27-26(32)34-15-22-19-10-6-4-8-17(19)18-9-5-7-11-20(18)22/h4-11,16,21-23H,3,12-15H2,1-2H3,(H,27,32)(H,30,31)/t16-,21?,23?/m1/s1. The van der Waals surface area contributed by atoms with Crippen molar-refractivity contribution in [2.24, 2.45) is 5.92 Å². The molecule has 0 bridgehead atoms. The molecular formula is C26H30N2O6. The maximum absolute atomic E-state index is 12.7. The van der Waals surface area contributed by atoms with Crippen LogP contribution in [0.1, 0.15) is 37.3 Å². The fourth-order valence-corrected chi connectivity index (χ4v) is 4.88. The van der Waals surface area contributed by atoms with E-state index in [-0.39, 0.29) is 37.9 Å². The van der Waals surface area contributed by atoms with Crippen LogP contribution in [0.3, 0.4) is 0 Å². The van der Waals surface area contributed by atoms with Gasteiger partial charge in [-0.2, -0.15) is 0 Å². The Bertz CT molecular complexity index is 1030. The van der Waals surface area contributed by atoms with Crippen LogP contribution in [0.4, 0.5) is 4.79 Å². The minimum atomic E-state index is -0.974. The van der Waals surface area contributed by atoms with Crippen molar-refractivity contribution in [1.82, 2.24) is 10.2 Å². The van der Waals surface area contributed by atoms with Gasteiger partial charge in [0.15, 0.2) is 0 Å². The molecule has 3 atom stereocenters. The van der Waals surface area contributed by atoms with Gasteiger partial charge in [0.1, 0.15) is 12.5 Å². The van der Waals surface area contributed by atoms with Crippen LogP contribution < -0.4 is 5.32 Å². The number of nitrogens with one attached hydrogen (secondary N) is 1. The summed E-state index contributed by atoms with van der Waals surface area (Å²) in [7, 11) is 0. The third-order valence-corrected chi connectivity index (χ3v) is 6.51. The number of carbonyl (C=O) groups is 3. The van der Waals surface area contributed by atoms with Crippen LogP contribution in [-0.2, 0) is 19.1 Å². The zero-order valence-corrected chi connectivity index (χ0v) is 19.4. The molecule has 0 saturated carbocycles. The summed E-state index contributed by atoms with van der Waals surface area (Å²) in [5.41, 5.74) is 4.57. The first-order chi connectivity index (χ1) is 16.4. The first kappa shape index (κ1) is 23.8. The highest BCUT2D eigenvalue weighted by molar-refractivity contribution is 5.81. The van der Waals surface area contributed by atoms with Gasteiger partial charge >= 0.3 is 12.1 Å². The van der Waals surface area contributed by atoms with Crippen LogP contribution >= 0.6 is 0 Å². The second kappa shape index (κ2) is 10.3. The molecule has 2 amide bonds. The maximum atomic E-state index is 12.7. The first-order valence-corrected chi connectivity index (χ1v) is 11.6. The van der Waals surface area contributed by atoms with Crippen LogP contribution in [0.15, 0.2) is 48.5 Å². The number of hydrogen-bond acceptors (Lipinski definition) is 5. The van der Waals surface area contributed by atoms with Gasteiger partial charge in [-0.3, -0.25) is 9.59 Å². The molecule has 8 nitrogen and oxygen atoms in total. The van der Waals surface area contributed by atoms with Gasteiger partial charge in [0.05, 0.1) is 6.10 Å². The summed E-state index contributed by atoms with van der Waals surface area (Å²) in [4.78, 5) is 38.1. The molecule has 1 aliphatic carbocycles. The molecule has 1 saturated heterocycles. The number of alkyl carbamates (subject to hydrolysis) is 1. The number of hydrogen-bond donors (Lipinski definition) is 2. The van der Waals surface area contributed by atoms with Crippen molar-refractivity contribution < 1.29 is 29.0 Å². The number of nitrogens with zero attached hydrogens (tertiary/aromatic N) is 1. The molecule has 2 aliphatic rings. The van der Waals surface area contributed by atoms with Crippen molar-refractivity contribution in [3.63, 3.8) is 0 Å². The largest absolute Gasteiger partial charge is 0.481 e. The molecule has 1 fully saturated rings. The molecule has 180 valence electrons. The molecule has 0 radical (unpaired) electrons. The number of amides is 2. The van der Waals surface area contributed by atoms with E-state index >= 15 is 0 Å². The Labute approximate surface area is 198 Å². The summed E-state index contributed by atoms with van der Waals surface area (Å²) in [6.45, 7) is 4.45. The van der Waals surface area contributed by atoms with Crippen LogP contribution in [-0.4, -0.2) is 66.4 Å². The zero-order valence-electron chi connectivity index (χ0n) is 19.4. The lowest BCUT2D eigenvalue weighted by atomic mass is 9.98. The summed E-state index contributed by atoms with van der Waals surface area (Å²) in [6, 6.07) is 15.8. The number of benzene rings is 2. The molecule has 2 N–H and O–H groups in total. The smallest absolute Gasteiger partial charge is 0.407 e. The summed E-state index contributed by atoms with van der Waals surface area (Å²) in [6.07, 6.45) is -1.05. The van der Waals surface area contributed by atoms with E-state index in [1.54, 1.807) is 13.8 Å². The number of carboxylic acid groups (broad SMARTS) is 1. The molecule has 34 heavy (non-hydrogen) atoms. The number of likely N-dealkylation sites (tertiary alicyclic amines) is 1. The van der Waals surface area contributed by atoms with E-state index in [1.807, 2.05) is 24.3 Å². The van der Waals surface area contributed by atoms with Crippen LogP contribution in [0.5, 0.6) is 0 Å². The van der Waals surface area contributed by atoms with Gasteiger partial charge in [0, 0.05) is 38.1 Å². The highest BCUT2D eigenvalue weighted by Gasteiger charge is 2.40. The predicted molar refractivity (Wildman–Crippen MR) is 125 cm³/mol. The van der Waals surface area contributed by atoms with E-state index < -0.39 is 30.1 Å². The molecule has 0 aromatic heterocycles. The average Bonchev–Trinajstić information content (AvgIpc) is 3.38. The predicted octanol–water partition coefficient (Wildman–Crippen LogP) is 3.25. The Morgan fingerprint density at radius 1 is 1.06 bits per heavy atom. The lowest BCUT2D eigenvalue weighted by Gasteiger charge is -2.20. The van der Waals surface area contributed by atoms with Crippen molar-refractivity contribution in [2.45, 2.75) is 38.3 Å². The first-order valence-electron chi connectivity index (χ1n) is 11.6. The number of fused-ring (bicyclic) bond motifs is 3. The number of carboxylic acids is 1. The zero-order chi connectivity index (χ0) is 24.2. The maximum Gasteiger partial charge on any atom is 0.407 e. The Morgan fingerprint density at radius 3 is 2.26 bits per heavy atom. The second-order valence-corrected chi connectivity index (χ2v) is 8.81. The molecule has 0 spiro atoms. The lowest BCUT2D eigenvalue weighted by Crippen LogP contribution is -2.39. The van der Waals surface area contributed by atoms with Crippen molar-refractivity contribution in [3.05, 3.63) is 59.7 Å². The van der Waals surface area contributed by atoms with Gasteiger partial charge in [-0.25, -0.2) is 4.79 Å². The fourth-order valence-electron chi connectivity index (χ4n) is 4.88. The lowest BCUT2D eigenvalue weighted by molar-refractivity contribution is -0.145. The third kappa shape index (κ3) is 4.92. The van der Waals surface area contributed by atoms with Gasteiger partial charge in [0.2, 0.25) is 5.91 Å². The van der Waals surface area contributed by atoms with Crippen molar-refractivity contribution in [3.8, 4) is 11.1 Å². The normalized spacial score (nSPS) is 19.9. The van der Waals surface area contributed by atoms with Crippen molar-refractivity contribution in [2.75, 3.05) is 26.3 Å². The molecule has 8 heteroatoms. The Hall–Kier alpha value is -3.39. The van der Waals surface area contributed by atoms with Crippen LogP contribution in [0, 0.1) is 5.92 Å². The SMILES string of the molecule is CCOC1CN(C(=O)C[C@@H](C)NC(=O)OCC2c3ccccc3-c3ccccc32)CC1C(=O)O. The Kier molecular flexibility index (Phi) is 7.17. The highest BCUT2D eigenvalue weighted by Crippen LogP contribution is 2.44. The minimum absolute atomic E-state index is 0.0388. The number of carbonyl (C=O) groups excluding carboxylic acids is 2.